The fourth-order valence-corrected chi connectivity index (χ4v) is 1.48. The van der Waals surface area contributed by atoms with E-state index < -0.39 is 0 Å². The monoisotopic (exact) mass is 199 g/mol. The molecule has 0 atom stereocenters. The second-order valence-electron chi connectivity index (χ2n) is 2.92. The van der Waals surface area contributed by atoms with Crippen LogP contribution in [-0.4, -0.2) is 16.6 Å². The van der Waals surface area contributed by atoms with Gasteiger partial charge in [-0.15, -0.1) is 0 Å². The summed E-state index contributed by atoms with van der Waals surface area (Å²) in [5, 5.41) is 0.520. The Morgan fingerprint density at radius 1 is 1.15 bits per heavy atom. The molecular weight excluding hydrogens is 180 g/mol. The van der Waals surface area contributed by atoms with Gasteiger partial charge in [0.25, 0.3) is 0 Å². The van der Waals surface area contributed by atoms with Gasteiger partial charge in [0.05, 0.1) is 6.54 Å². The lowest BCUT2D eigenvalue weighted by atomic mass is 10.1. The van der Waals surface area contributed by atoms with E-state index in [1.807, 2.05) is 4.90 Å². The van der Waals surface area contributed by atoms with E-state index in [-0.39, 0.29) is 14.9 Å². The van der Waals surface area contributed by atoms with Gasteiger partial charge in [-0.05, 0) is 25.1 Å². The smallest absolute Gasteiger partial charge is 0.166 e. The Bertz CT molecular complexity index is 129. The molecule has 1 aliphatic heterocycles. The summed E-state index contributed by atoms with van der Waals surface area (Å²) in [6.07, 6.45) is 6.28. The fraction of sp³-hybridized carbons (Fsp3) is 0.600. The van der Waals surface area contributed by atoms with Crippen molar-refractivity contribution in [3.05, 3.63) is 21.4 Å². The van der Waals surface area contributed by atoms with Crippen LogP contribution in [0, 0.1) is 21.4 Å². The minimum atomic E-state index is 0. The summed E-state index contributed by atoms with van der Waals surface area (Å²) in [5.74, 6) is 0. The zero-order valence-corrected chi connectivity index (χ0v) is 8.98. The summed E-state index contributed by atoms with van der Waals surface area (Å²) in [6.45, 7) is 3.14. The van der Waals surface area contributed by atoms with Crippen molar-refractivity contribution < 1.29 is 0 Å². The number of likely N-dealkylation sites (tertiary alicyclic amines) is 1. The van der Waals surface area contributed by atoms with Crippen LogP contribution in [0.1, 0.15) is 32.1 Å². The van der Waals surface area contributed by atoms with E-state index >= 15 is 0 Å². The van der Waals surface area contributed by atoms with E-state index in [9.17, 15) is 0 Å². The number of nitrogens with two attached hydrogens (primary N) is 1. The highest BCUT2D eigenvalue weighted by molar-refractivity contribution is 7.80. The molecule has 1 rings (SSSR count). The number of thiocarbonyl (C=S) groups is 1. The van der Waals surface area contributed by atoms with Crippen LogP contribution in [0.5, 0.6) is 0 Å². The van der Waals surface area contributed by atoms with E-state index in [4.69, 9.17) is 18.0 Å². The summed E-state index contributed by atoms with van der Waals surface area (Å²) in [6, 6.07) is 0. The van der Waals surface area contributed by atoms with Gasteiger partial charge in [-0.2, -0.15) is 0 Å². The van der Waals surface area contributed by atoms with Crippen molar-refractivity contribution in [3.63, 3.8) is 0 Å². The first-order valence-electron chi connectivity index (χ1n) is 4.20. The largest absolute Gasteiger partial charge is 0.376 e. The van der Waals surface area contributed by atoms with Gasteiger partial charge in [0, 0.05) is 6.54 Å². The minimum Gasteiger partial charge on any atom is -0.376 e. The molecule has 0 unspecified atom stereocenters. The molecule has 0 aromatic carbocycles. The molecular formula is C10H19N2S. The maximum Gasteiger partial charge on any atom is 0.166 e. The molecule has 5 radical (unpaired) electrons. The van der Waals surface area contributed by atoms with Gasteiger partial charge >= 0.3 is 0 Å². The highest BCUT2D eigenvalue weighted by atomic mass is 32.1. The molecule has 0 aromatic heterocycles. The Balaban J connectivity index is 0. The van der Waals surface area contributed by atoms with Crippen molar-refractivity contribution in [2.75, 3.05) is 6.54 Å². The van der Waals surface area contributed by atoms with Crippen molar-refractivity contribution in [2.24, 2.45) is 5.73 Å². The zero-order chi connectivity index (χ0) is 8.10. The summed E-state index contributed by atoms with van der Waals surface area (Å²) in [4.78, 5) is 1.99. The lowest BCUT2D eigenvalue weighted by molar-refractivity contribution is 0.420. The second-order valence-corrected chi connectivity index (χ2v) is 3.34. The van der Waals surface area contributed by atoms with Gasteiger partial charge in [-0.25, -0.2) is 0 Å². The summed E-state index contributed by atoms with van der Waals surface area (Å²) < 4.78 is 0. The molecule has 1 heterocycles. The van der Waals surface area contributed by atoms with Gasteiger partial charge in [0.15, 0.2) is 5.11 Å². The molecule has 2 N–H and O–H groups in total. The highest BCUT2D eigenvalue weighted by Gasteiger charge is 2.08. The Morgan fingerprint density at radius 2 is 1.77 bits per heavy atom. The summed E-state index contributed by atoms with van der Waals surface area (Å²) >= 11 is 4.89. The van der Waals surface area contributed by atoms with Gasteiger partial charge in [0.1, 0.15) is 0 Å². The second kappa shape index (κ2) is 8.30. The van der Waals surface area contributed by atoms with E-state index in [0.29, 0.717) is 5.11 Å². The molecule has 1 fully saturated rings. The van der Waals surface area contributed by atoms with E-state index in [0.717, 1.165) is 13.0 Å². The Labute approximate surface area is 88.5 Å². The number of rotatable bonds is 0. The Morgan fingerprint density at radius 3 is 2.38 bits per heavy atom. The molecule has 13 heavy (non-hydrogen) atoms. The maximum atomic E-state index is 5.51. The van der Waals surface area contributed by atoms with Crippen LogP contribution >= 0.6 is 12.2 Å². The summed E-state index contributed by atoms with van der Waals surface area (Å²) in [5.41, 5.74) is 5.51. The molecule has 0 amide bonds. The van der Waals surface area contributed by atoms with E-state index in [2.05, 4.69) is 6.54 Å². The molecule has 75 valence electrons. The number of hydrogen-bond donors (Lipinski definition) is 1. The average Bonchev–Trinajstić information content (AvgIpc) is 1.84. The quantitative estimate of drug-likeness (QED) is 0.607. The van der Waals surface area contributed by atoms with Crippen molar-refractivity contribution in [3.8, 4) is 0 Å². The van der Waals surface area contributed by atoms with Gasteiger partial charge in [0.2, 0.25) is 0 Å². The van der Waals surface area contributed by atoms with E-state index in [1.54, 1.807) is 0 Å². The number of hydrogen-bond acceptors (Lipinski definition) is 1. The third kappa shape index (κ3) is 5.86. The van der Waals surface area contributed by atoms with Crippen LogP contribution < -0.4 is 5.73 Å². The first kappa shape index (κ1) is 15.2. The van der Waals surface area contributed by atoms with Gasteiger partial charge < -0.3 is 10.6 Å². The molecule has 2 nitrogen and oxygen atoms in total. The molecule has 0 aliphatic carbocycles. The lowest BCUT2D eigenvalue weighted by Crippen LogP contribution is -2.34. The molecule has 3 heteroatoms. The van der Waals surface area contributed by atoms with Crippen molar-refractivity contribution >= 4 is 17.3 Å². The highest BCUT2D eigenvalue weighted by Crippen LogP contribution is 2.12. The third-order valence-corrected chi connectivity index (χ3v) is 2.22. The fourth-order valence-electron chi connectivity index (χ4n) is 1.32. The SMILES string of the molecule is NC(=S)N1[CH]CCCCCC1.[CH2].[CH2]. The molecule has 1 saturated heterocycles. The Kier molecular flexibility index (Phi) is 9.68. The van der Waals surface area contributed by atoms with E-state index in [1.165, 1.54) is 25.7 Å². The number of nitrogens with zero attached hydrogens (tertiary/aromatic N) is 1. The first-order valence-corrected chi connectivity index (χ1v) is 4.61. The van der Waals surface area contributed by atoms with Crippen LogP contribution in [-0.2, 0) is 0 Å². The summed E-state index contributed by atoms with van der Waals surface area (Å²) in [7, 11) is 0. The minimum absolute atomic E-state index is 0. The molecule has 0 aromatic rings. The predicted molar refractivity (Wildman–Crippen MR) is 61.6 cm³/mol. The predicted octanol–water partition coefficient (Wildman–Crippen LogP) is 2.31. The van der Waals surface area contributed by atoms with Crippen molar-refractivity contribution in [1.29, 1.82) is 0 Å². The average molecular weight is 199 g/mol. The Hall–Kier alpha value is -0.310. The van der Waals surface area contributed by atoms with Gasteiger partial charge in [-0.3, -0.25) is 0 Å². The first-order chi connectivity index (χ1) is 5.30. The normalized spacial score (nSPS) is 17.4. The topological polar surface area (TPSA) is 29.3 Å². The van der Waals surface area contributed by atoms with Crippen molar-refractivity contribution in [2.45, 2.75) is 32.1 Å². The van der Waals surface area contributed by atoms with Crippen LogP contribution in [0.25, 0.3) is 0 Å². The molecule has 1 aliphatic rings. The maximum absolute atomic E-state index is 5.51. The van der Waals surface area contributed by atoms with Crippen LogP contribution in [0.2, 0.25) is 0 Å². The third-order valence-electron chi connectivity index (χ3n) is 1.99. The van der Waals surface area contributed by atoms with Crippen LogP contribution in [0.15, 0.2) is 0 Å². The standard InChI is InChI=1S/C8H15N2S.2CH2/c9-8(11)10-6-4-2-1-3-5-7-10;;/h6H,1-5,7H2,(H2,9,11);2*1H2. The van der Waals surface area contributed by atoms with Crippen LogP contribution in [0.4, 0.5) is 0 Å². The molecule has 0 spiro atoms. The molecule has 0 bridgehead atoms. The van der Waals surface area contributed by atoms with Gasteiger partial charge in [-0.1, -0.05) is 34.1 Å². The van der Waals surface area contributed by atoms with Crippen molar-refractivity contribution in [1.82, 2.24) is 4.90 Å². The van der Waals surface area contributed by atoms with Crippen LogP contribution in [0.3, 0.4) is 0 Å². The zero-order valence-electron chi connectivity index (χ0n) is 8.17. The molecule has 0 saturated carbocycles. The lowest BCUT2D eigenvalue weighted by Gasteiger charge is -2.23.